The van der Waals surface area contributed by atoms with E-state index in [1.807, 2.05) is 32.0 Å². The molecule has 154 valence electrons. The van der Waals surface area contributed by atoms with Gasteiger partial charge < -0.3 is 5.32 Å². The molecule has 0 unspecified atom stereocenters. The summed E-state index contributed by atoms with van der Waals surface area (Å²) in [7, 11) is 0. The molecule has 0 spiro atoms. The number of rotatable bonds is 5. The first-order valence-electron chi connectivity index (χ1n) is 9.48. The molecule has 8 nitrogen and oxygen atoms in total. The van der Waals surface area contributed by atoms with E-state index in [1.165, 1.54) is 5.01 Å². The number of amides is 3. The maximum atomic E-state index is 13.0. The largest absolute Gasteiger partial charge is 0.350 e. The lowest BCUT2D eigenvalue weighted by Crippen LogP contribution is -2.44. The number of hydrogen-bond donors (Lipinski definition) is 1. The predicted octanol–water partition coefficient (Wildman–Crippen LogP) is 2.57. The van der Waals surface area contributed by atoms with Crippen LogP contribution in [0.25, 0.3) is 0 Å². The molecule has 0 radical (unpaired) electrons. The summed E-state index contributed by atoms with van der Waals surface area (Å²) in [5.74, 6) is -1.18. The van der Waals surface area contributed by atoms with Gasteiger partial charge in [-0.1, -0.05) is 35.0 Å². The van der Waals surface area contributed by atoms with Gasteiger partial charge in [-0.05, 0) is 54.8 Å². The molecule has 0 aromatic heterocycles. The van der Waals surface area contributed by atoms with Gasteiger partial charge in [-0.25, -0.2) is 4.90 Å². The van der Waals surface area contributed by atoms with Crippen molar-refractivity contribution in [3.05, 3.63) is 64.2 Å². The van der Waals surface area contributed by atoms with E-state index < -0.39 is 23.9 Å². The lowest BCUT2D eigenvalue weighted by Gasteiger charge is -2.20. The van der Waals surface area contributed by atoms with Crippen molar-refractivity contribution in [1.29, 1.82) is 0 Å². The third-order valence-electron chi connectivity index (χ3n) is 5.03. The van der Waals surface area contributed by atoms with Crippen LogP contribution >= 0.6 is 11.6 Å². The second-order valence-corrected chi connectivity index (χ2v) is 7.89. The number of halogens is 1. The smallest absolute Gasteiger partial charge is 0.263 e. The molecule has 2 aliphatic heterocycles. The van der Waals surface area contributed by atoms with E-state index in [1.54, 1.807) is 24.3 Å². The maximum Gasteiger partial charge on any atom is 0.263 e. The Bertz CT molecular complexity index is 1030. The molecule has 2 aromatic carbocycles. The van der Waals surface area contributed by atoms with Gasteiger partial charge >= 0.3 is 0 Å². The molecular formula is C21H20ClN5O3. The normalized spacial score (nSPS) is 20.1. The molecule has 0 saturated carbocycles. The quantitative estimate of drug-likeness (QED) is 0.745. The molecule has 1 N–H and O–H groups in total. The Labute approximate surface area is 178 Å². The van der Waals surface area contributed by atoms with Gasteiger partial charge in [0.25, 0.3) is 11.8 Å². The van der Waals surface area contributed by atoms with Crippen LogP contribution in [0, 0.1) is 13.8 Å². The summed E-state index contributed by atoms with van der Waals surface area (Å²) in [5.41, 5.74) is 3.30. The Morgan fingerprint density at radius 3 is 2.40 bits per heavy atom. The molecule has 4 rings (SSSR count). The summed E-state index contributed by atoms with van der Waals surface area (Å²) in [5, 5.41) is 12.5. The zero-order valence-corrected chi connectivity index (χ0v) is 17.3. The topological polar surface area (TPSA) is 94.4 Å². The van der Waals surface area contributed by atoms with Crippen LogP contribution < -0.4 is 10.2 Å². The van der Waals surface area contributed by atoms with Gasteiger partial charge in [0.05, 0.1) is 5.69 Å². The van der Waals surface area contributed by atoms with Crippen LogP contribution in [0.3, 0.4) is 0 Å². The van der Waals surface area contributed by atoms with E-state index in [0.29, 0.717) is 17.3 Å². The van der Waals surface area contributed by atoms with Gasteiger partial charge in [-0.3, -0.25) is 19.4 Å². The average Bonchev–Trinajstić information content (AvgIpc) is 3.20. The van der Waals surface area contributed by atoms with Crippen LogP contribution in [0.4, 0.5) is 5.69 Å². The van der Waals surface area contributed by atoms with Crippen LogP contribution in [0.15, 0.2) is 52.8 Å². The third kappa shape index (κ3) is 3.78. The van der Waals surface area contributed by atoms with E-state index in [0.717, 1.165) is 21.6 Å². The van der Waals surface area contributed by atoms with Crippen LogP contribution in [0.5, 0.6) is 0 Å². The van der Waals surface area contributed by atoms with Crippen molar-refractivity contribution in [2.45, 2.75) is 32.5 Å². The van der Waals surface area contributed by atoms with Gasteiger partial charge in [0, 0.05) is 11.6 Å². The minimum Gasteiger partial charge on any atom is -0.350 e. The number of imide groups is 1. The number of hydrogen-bond acceptors (Lipinski definition) is 6. The van der Waals surface area contributed by atoms with E-state index in [9.17, 15) is 14.4 Å². The maximum absolute atomic E-state index is 13.0. The summed E-state index contributed by atoms with van der Waals surface area (Å²) >= 11 is 5.86. The van der Waals surface area contributed by atoms with Crippen molar-refractivity contribution in [2.24, 2.45) is 10.3 Å². The number of fused-ring (bicyclic) bond motifs is 1. The predicted molar refractivity (Wildman–Crippen MR) is 111 cm³/mol. The fourth-order valence-corrected chi connectivity index (χ4v) is 3.82. The molecule has 0 bridgehead atoms. The van der Waals surface area contributed by atoms with Crippen LogP contribution in [-0.2, 0) is 20.9 Å². The number of benzene rings is 2. The fraction of sp³-hybridized carbons (Fsp3) is 0.286. The highest BCUT2D eigenvalue weighted by Crippen LogP contribution is 2.32. The SMILES string of the molecule is Cc1cc(C)cc(N2C(=O)[C@H]3N=NN(CC(=O)NCc4ccc(Cl)cc4)[C@H]3C2=O)c1. The van der Waals surface area contributed by atoms with Gasteiger partial charge in [-0.2, -0.15) is 5.11 Å². The number of carbonyl (C=O) groups is 3. The van der Waals surface area contributed by atoms with E-state index in [2.05, 4.69) is 15.7 Å². The minimum absolute atomic E-state index is 0.169. The highest BCUT2D eigenvalue weighted by Gasteiger charge is 2.55. The highest BCUT2D eigenvalue weighted by molar-refractivity contribution is 6.30. The number of anilines is 1. The molecule has 1 fully saturated rings. The van der Waals surface area contributed by atoms with Crippen molar-refractivity contribution in [2.75, 3.05) is 11.4 Å². The van der Waals surface area contributed by atoms with E-state index >= 15 is 0 Å². The minimum atomic E-state index is -0.928. The Kier molecular flexibility index (Phi) is 5.26. The Morgan fingerprint density at radius 1 is 1.07 bits per heavy atom. The highest BCUT2D eigenvalue weighted by atomic mass is 35.5. The molecule has 2 atom stereocenters. The van der Waals surface area contributed by atoms with Crippen LogP contribution in [0.1, 0.15) is 16.7 Å². The number of nitrogens with zero attached hydrogens (tertiary/aromatic N) is 4. The van der Waals surface area contributed by atoms with Crippen molar-refractivity contribution in [3.63, 3.8) is 0 Å². The van der Waals surface area contributed by atoms with Crippen molar-refractivity contribution in [3.8, 4) is 0 Å². The fourth-order valence-electron chi connectivity index (χ4n) is 3.69. The Hall–Kier alpha value is -3.26. The summed E-state index contributed by atoms with van der Waals surface area (Å²) in [6.07, 6.45) is 0. The summed E-state index contributed by atoms with van der Waals surface area (Å²) < 4.78 is 0. The first-order chi connectivity index (χ1) is 14.3. The first-order valence-corrected chi connectivity index (χ1v) is 9.86. The molecule has 9 heteroatoms. The summed E-state index contributed by atoms with van der Waals surface area (Å²) in [4.78, 5) is 39.3. The van der Waals surface area contributed by atoms with E-state index in [-0.39, 0.29) is 12.5 Å². The molecular weight excluding hydrogens is 406 g/mol. The van der Waals surface area contributed by atoms with Crippen molar-refractivity contribution in [1.82, 2.24) is 10.3 Å². The lowest BCUT2D eigenvalue weighted by atomic mass is 10.1. The first kappa shape index (κ1) is 20.0. The van der Waals surface area contributed by atoms with Crippen molar-refractivity contribution >= 4 is 35.0 Å². The number of aryl methyl sites for hydroxylation is 2. The standard InChI is InChI=1S/C21H20ClN5O3/c1-12-7-13(2)9-16(8-12)27-20(29)18-19(21(27)30)26(25-24-18)11-17(28)23-10-14-3-5-15(22)6-4-14/h3-9,18-19H,10-11H2,1-2H3,(H,23,28)/t18-,19+/m0/s1. The second kappa shape index (κ2) is 7.87. The zero-order chi connectivity index (χ0) is 21.4. The second-order valence-electron chi connectivity index (χ2n) is 7.45. The molecule has 3 amide bonds. The lowest BCUT2D eigenvalue weighted by molar-refractivity contribution is -0.125. The molecule has 2 heterocycles. The molecule has 1 saturated heterocycles. The van der Waals surface area contributed by atoms with Crippen LogP contribution in [-0.4, -0.2) is 41.4 Å². The van der Waals surface area contributed by atoms with E-state index in [4.69, 9.17) is 11.6 Å². The summed E-state index contributed by atoms with van der Waals surface area (Å²) in [6.45, 7) is 3.95. The zero-order valence-electron chi connectivity index (χ0n) is 16.5. The number of carbonyl (C=O) groups excluding carboxylic acids is 3. The molecule has 2 aromatic rings. The third-order valence-corrected chi connectivity index (χ3v) is 5.28. The van der Waals surface area contributed by atoms with Crippen LogP contribution in [0.2, 0.25) is 5.02 Å². The Balaban J connectivity index is 1.44. The molecule has 30 heavy (non-hydrogen) atoms. The van der Waals surface area contributed by atoms with Gasteiger partial charge in [0.15, 0.2) is 12.1 Å². The van der Waals surface area contributed by atoms with Gasteiger partial charge in [-0.15, -0.1) is 0 Å². The molecule has 0 aliphatic carbocycles. The van der Waals surface area contributed by atoms with Gasteiger partial charge in [0.1, 0.15) is 6.54 Å². The monoisotopic (exact) mass is 425 g/mol. The number of nitrogens with one attached hydrogen (secondary N) is 1. The Morgan fingerprint density at radius 2 is 1.73 bits per heavy atom. The summed E-state index contributed by atoms with van der Waals surface area (Å²) in [6, 6.07) is 10.8. The average molecular weight is 426 g/mol. The van der Waals surface area contributed by atoms with Gasteiger partial charge in [0.2, 0.25) is 5.91 Å². The molecule has 2 aliphatic rings. The van der Waals surface area contributed by atoms with Crippen molar-refractivity contribution < 1.29 is 14.4 Å².